The second-order valence-electron chi connectivity index (χ2n) is 6.72. The molecule has 13 nitrogen and oxygen atoms in total. The van der Waals surface area contributed by atoms with E-state index in [-0.39, 0.29) is 6.61 Å². The Morgan fingerprint density at radius 2 is 1.46 bits per heavy atom. The lowest BCUT2D eigenvalue weighted by atomic mass is 9.92. The number of aliphatic hydroxyl groups is 6. The monoisotopic (exact) mass is 411 g/mol. The van der Waals surface area contributed by atoms with E-state index in [0.29, 0.717) is 0 Å². The first kappa shape index (κ1) is 22.9. The molecule has 2 fully saturated rings. The molecule has 2 heterocycles. The van der Waals surface area contributed by atoms with Crippen LogP contribution in [0.25, 0.3) is 0 Å². The SMILES string of the molecule is CC(=O)N[C@H]1[C@@H](O)[C@H](O)[C@@H](C(=O)O)O[C@H]1COC[C@H]1O[C@H](O)[C@H](O)[C@@H](O)[C@@H]1O. The molecule has 0 radical (unpaired) electrons. The van der Waals surface area contributed by atoms with Gasteiger partial charge in [0.1, 0.15) is 42.7 Å². The van der Waals surface area contributed by atoms with E-state index < -0.39 is 79.6 Å². The topological polar surface area (TPSA) is 215 Å². The van der Waals surface area contributed by atoms with Crippen molar-refractivity contribution in [2.45, 2.75) is 68.1 Å². The Hall–Kier alpha value is -1.42. The van der Waals surface area contributed by atoms with Crippen LogP contribution in [0.2, 0.25) is 0 Å². The summed E-state index contributed by atoms with van der Waals surface area (Å²) in [5.41, 5.74) is 0. The number of carboxylic acids is 1. The van der Waals surface area contributed by atoms with Gasteiger partial charge >= 0.3 is 5.97 Å². The molecule has 2 aliphatic heterocycles. The maximum Gasteiger partial charge on any atom is 0.335 e. The van der Waals surface area contributed by atoms with Crippen molar-refractivity contribution in [3.05, 3.63) is 0 Å². The molecule has 2 rings (SSSR count). The molecule has 0 aromatic rings. The van der Waals surface area contributed by atoms with Gasteiger partial charge in [-0.3, -0.25) is 4.79 Å². The van der Waals surface area contributed by atoms with Crippen LogP contribution in [0, 0.1) is 0 Å². The molecule has 0 bridgehead atoms. The number of nitrogens with one attached hydrogen (secondary N) is 1. The summed E-state index contributed by atoms with van der Waals surface area (Å²) >= 11 is 0. The normalized spacial score (nSPS) is 44.1. The van der Waals surface area contributed by atoms with E-state index in [9.17, 15) is 40.2 Å². The Labute approximate surface area is 159 Å². The van der Waals surface area contributed by atoms with Crippen LogP contribution >= 0.6 is 0 Å². The van der Waals surface area contributed by atoms with Crippen LogP contribution in [0.5, 0.6) is 0 Å². The first-order valence-electron chi connectivity index (χ1n) is 8.51. The highest BCUT2D eigenvalue weighted by molar-refractivity contribution is 5.75. The molecule has 0 spiro atoms. The van der Waals surface area contributed by atoms with Crippen LogP contribution in [0.1, 0.15) is 6.92 Å². The number of rotatable bonds is 6. The van der Waals surface area contributed by atoms with E-state index in [4.69, 9.17) is 19.3 Å². The minimum absolute atomic E-state index is 0.389. The van der Waals surface area contributed by atoms with Gasteiger partial charge < -0.3 is 55.3 Å². The maximum absolute atomic E-state index is 11.3. The lowest BCUT2D eigenvalue weighted by Gasteiger charge is -2.42. The molecule has 0 saturated carbocycles. The first-order valence-corrected chi connectivity index (χ1v) is 8.51. The molecule has 2 saturated heterocycles. The Balaban J connectivity index is 2.00. The van der Waals surface area contributed by atoms with Crippen molar-refractivity contribution in [2.24, 2.45) is 0 Å². The number of hydrogen-bond acceptors (Lipinski definition) is 11. The molecule has 0 aromatic carbocycles. The fourth-order valence-electron chi connectivity index (χ4n) is 3.09. The van der Waals surface area contributed by atoms with Crippen LogP contribution in [-0.2, 0) is 23.8 Å². The Morgan fingerprint density at radius 1 is 0.857 bits per heavy atom. The standard InChI is InChI=1S/C15H25NO12/c1-4(17)16-7-5(27-13(14(23)24)11(21)9(7)19)2-26-3-6-8(18)10(20)12(22)15(25)28-6/h5-13,15,18-22,25H,2-3H2,1H3,(H,16,17)(H,23,24)/t5-,6+,7+,8+,9+,10-,11-,12+,13-,15-/m0/s1. The summed E-state index contributed by atoms with van der Waals surface area (Å²) in [5, 5.41) is 69.9. The number of aliphatic hydroxyl groups excluding tert-OH is 6. The number of ether oxygens (including phenoxy) is 3. The van der Waals surface area contributed by atoms with Gasteiger partial charge in [0.2, 0.25) is 5.91 Å². The number of amides is 1. The lowest BCUT2D eigenvalue weighted by Crippen LogP contribution is -2.66. The molecule has 2 aliphatic rings. The van der Waals surface area contributed by atoms with Crippen molar-refractivity contribution < 1.29 is 59.5 Å². The number of aliphatic carboxylic acids is 1. The molecule has 8 N–H and O–H groups in total. The van der Waals surface area contributed by atoms with Crippen molar-refractivity contribution in [3.8, 4) is 0 Å². The second kappa shape index (κ2) is 9.39. The highest BCUT2D eigenvalue weighted by atomic mass is 16.6. The highest BCUT2D eigenvalue weighted by Crippen LogP contribution is 2.23. The lowest BCUT2D eigenvalue weighted by molar-refractivity contribution is -0.290. The smallest absolute Gasteiger partial charge is 0.335 e. The third-order valence-corrected chi connectivity index (χ3v) is 4.61. The quantitative estimate of drug-likeness (QED) is 0.206. The summed E-state index contributed by atoms with van der Waals surface area (Å²) < 4.78 is 15.5. The zero-order valence-electron chi connectivity index (χ0n) is 14.9. The average molecular weight is 411 g/mol. The summed E-state index contributed by atoms with van der Waals surface area (Å²) in [6, 6.07) is -1.18. The fraction of sp³-hybridized carbons (Fsp3) is 0.867. The van der Waals surface area contributed by atoms with Gasteiger partial charge in [-0.2, -0.15) is 0 Å². The van der Waals surface area contributed by atoms with Crippen molar-refractivity contribution in [3.63, 3.8) is 0 Å². The Bertz CT molecular complexity index is 561. The molecule has 1 amide bonds. The van der Waals surface area contributed by atoms with E-state index in [1.54, 1.807) is 0 Å². The second-order valence-corrected chi connectivity index (χ2v) is 6.72. The molecular formula is C15H25NO12. The van der Waals surface area contributed by atoms with Gasteiger partial charge in [0.05, 0.1) is 19.3 Å². The van der Waals surface area contributed by atoms with Crippen molar-refractivity contribution in [1.29, 1.82) is 0 Å². The first-order chi connectivity index (χ1) is 13.0. The summed E-state index contributed by atoms with van der Waals surface area (Å²) in [6.07, 6.45) is -14.3. The van der Waals surface area contributed by atoms with Gasteiger partial charge in [-0.1, -0.05) is 0 Å². The van der Waals surface area contributed by atoms with E-state index in [1.807, 2.05) is 0 Å². The molecule has 13 heteroatoms. The molecule has 10 atom stereocenters. The average Bonchev–Trinajstić information content (AvgIpc) is 2.62. The molecule has 162 valence electrons. The number of carbonyl (C=O) groups excluding carboxylic acids is 1. The van der Waals surface area contributed by atoms with Crippen molar-refractivity contribution >= 4 is 11.9 Å². The largest absolute Gasteiger partial charge is 0.479 e. The molecule has 0 unspecified atom stereocenters. The van der Waals surface area contributed by atoms with Gasteiger partial charge in [-0.25, -0.2) is 4.79 Å². The summed E-state index contributed by atoms with van der Waals surface area (Å²) in [6.45, 7) is 0.367. The van der Waals surface area contributed by atoms with Crippen molar-refractivity contribution in [1.82, 2.24) is 5.32 Å². The van der Waals surface area contributed by atoms with Crippen LogP contribution in [0.4, 0.5) is 0 Å². The predicted molar refractivity (Wildman–Crippen MR) is 85.6 cm³/mol. The van der Waals surface area contributed by atoms with E-state index in [2.05, 4.69) is 5.32 Å². The molecule has 0 aromatic heterocycles. The van der Waals surface area contributed by atoms with E-state index in [1.165, 1.54) is 0 Å². The molecule has 28 heavy (non-hydrogen) atoms. The number of carboxylic acid groups (broad SMARTS) is 1. The Morgan fingerprint density at radius 3 is 2.04 bits per heavy atom. The van der Waals surface area contributed by atoms with Crippen molar-refractivity contribution in [2.75, 3.05) is 13.2 Å². The zero-order chi connectivity index (χ0) is 21.2. The number of hydrogen-bond donors (Lipinski definition) is 8. The predicted octanol–water partition coefficient (Wildman–Crippen LogP) is -5.12. The third-order valence-electron chi connectivity index (χ3n) is 4.61. The van der Waals surface area contributed by atoms with Gasteiger partial charge in [-0.05, 0) is 0 Å². The van der Waals surface area contributed by atoms with Crippen LogP contribution < -0.4 is 5.32 Å². The minimum atomic E-state index is -1.79. The summed E-state index contributed by atoms with van der Waals surface area (Å²) in [4.78, 5) is 22.5. The summed E-state index contributed by atoms with van der Waals surface area (Å²) in [7, 11) is 0. The molecule has 0 aliphatic carbocycles. The van der Waals surface area contributed by atoms with Gasteiger partial charge in [0.15, 0.2) is 12.4 Å². The van der Waals surface area contributed by atoms with Gasteiger partial charge in [0, 0.05) is 6.92 Å². The summed E-state index contributed by atoms with van der Waals surface area (Å²) in [5.74, 6) is -2.09. The van der Waals surface area contributed by atoms with E-state index >= 15 is 0 Å². The fourth-order valence-corrected chi connectivity index (χ4v) is 3.09. The van der Waals surface area contributed by atoms with Gasteiger partial charge in [-0.15, -0.1) is 0 Å². The molecular weight excluding hydrogens is 386 g/mol. The maximum atomic E-state index is 11.3. The highest BCUT2D eigenvalue weighted by Gasteiger charge is 2.48. The van der Waals surface area contributed by atoms with Crippen LogP contribution in [-0.4, -0.2) is 122 Å². The van der Waals surface area contributed by atoms with Crippen LogP contribution in [0.15, 0.2) is 0 Å². The Kier molecular flexibility index (Phi) is 7.66. The minimum Gasteiger partial charge on any atom is -0.479 e. The van der Waals surface area contributed by atoms with Gasteiger partial charge in [0.25, 0.3) is 0 Å². The zero-order valence-corrected chi connectivity index (χ0v) is 14.9. The number of carbonyl (C=O) groups is 2. The third kappa shape index (κ3) is 4.94. The van der Waals surface area contributed by atoms with E-state index in [0.717, 1.165) is 6.92 Å². The van der Waals surface area contributed by atoms with Crippen LogP contribution in [0.3, 0.4) is 0 Å².